The molecule has 5 aromatic rings. The van der Waals surface area contributed by atoms with Crippen LogP contribution >= 0.6 is 0 Å². The van der Waals surface area contributed by atoms with Crippen LogP contribution in [0.2, 0.25) is 0 Å². The second-order valence-electron chi connectivity index (χ2n) is 9.97. The van der Waals surface area contributed by atoms with Crippen molar-refractivity contribution in [1.82, 2.24) is 34.6 Å². The van der Waals surface area contributed by atoms with Crippen molar-refractivity contribution in [2.75, 3.05) is 26.2 Å². The van der Waals surface area contributed by atoms with Crippen molar-refractivity contribution in [2.45, 2.75) is 6.54 Å². The van der Waals surface area contributed by atoms with Crippen molar-refractivity contribution in [3.05, 3.63) is 107 Å². The van der Waals surface area contributed by atoms with E-state index in [0.717, 1.165) is 0 Å². The number of rotatable bonds is 7. The van der Waals surface area contributed by atoms with E-state index in [-0.39, 0.29) is 61.0 Å². The number of carbonyl (C=O) groups excluding carboxylic acids is 4. The molecule has 1 fully saturated rings. The van der Waals surface area contributed by atoms with Crippen molar-refractivity contribution in [1.29, 1.82) is 0 Å². The molecule has 0 bridgehead atoms. The highest BCUT2D eigenvalue weighted by Gasteiger charge is 2.31. The zero-order valence-electron chi connectivity index (χ0n) is 22.8. The number of hydrogen-bond donors (Lipinski definition) is 1. The van der Waals surface area contributed by atoms with Gasteiger partial charge < -0.3 is 15.5 Å². The van der Waals surface area contributed by atoms with Crippen molar-refractivity contribution >= 4 is 34.4 Å². The molecule has 3 aromatic carbocycles. The van der Waals surface area contributed by atoms with Gasteiger partial charge in [-0.2, -0.15) is 4.80 Å². The average molecular weight is 581 g/mol. The predicted octanol–water partition coefficient (Wildman–Crippen LogP) is 2.07. The summed E-state index contributed by atoms with van der Waals surface area (Å²) in [6.07, 6.45) is 1.32. The van der Waals surface area contributed by atoms with Crippen LogP contribution < -0.4 is 5.73 Å². The molecule has 3 heterocycles. The fraction of sp³-hybridized carbons (Fsp3) is 0.167. The average Bonchev–Trinajstić information content (AvgIpc) is 3.66. The molecular weight excluding hydrogens is 555 g/mol. The molecule has 0 unspecified atom stereocenters. The molecular formula is C30H25FN8O4. The summed E-state index contributed by atoms with van der Waals surface area (Å²) in [7, 11) is 0. The lowest BCUT2D eigenvalue weighted by Crippen LogP contribution is -2.52. The Bertz CT molecular complexity index is 1880. The fourth-order valence-corrected chi connectivity index (χ4v) is 5.16. The van der Waals surface area contributed by atoms with Gasteiger partial charge in [-0.25, -0.2) is 4.39 Å². The standard InChI is InChI=1S/C30H25FN8O4/c31-23-11-6-12-24-25(23)22(18-38(24)30-33-35-39(34-30)17-20-9-4-5-10-21(20)27(32)41)26(40)29(43)37-15-13-36(14-16-37)28(42)19-7-2-1-3-8-19/h1-12,18H,13-17H2,(H2,32,41). The molecule has 0 radical (unpaired) electrons. The first-order valence-electron chi connectivity index (χ1n) is 13.4. The molecule has 0 aliphatic carbocycles. The number of Topliss-reactive ketones (excluding diaryl/α,β-unsaturated/α-hetero) is 1. The first kappa shape index (κ1) is 27.4. The molecule has 1 aliphatic heterocycles. The third-order valence-electron chi connectivity index (χ3n) is 7.34. The number of benzene rings is 3. The Morgan fingerprint density at radius 3 is 2.26 bits per heavy atom. The highest BCUT2D eigenvalue weighted by atomic mass is 19.1. The van der Waals surface area contributed by atoms with Crippen LogP contribution in [-0.2, 0) is 11.3 Å². The summed E-state index contributed by atoms with van der Waals surface area (Å²) in [6, 6.07) is 19.8. The maximum atomic E-state index is 15.1. The number of carbonyl (C=O) groups is 4. The number of nitrogens with zero attached hydrogens (tertiary/aromatic N) is 7. The van der Waals surface area contributed by atoms with Gasteiger partial charge in [0, 0.05) is 48.9 Å². The number of piperazine rings is 1. The molecule has 43 heavy (non-hydrogen) atoms. The van der Waals surface area contributed by atoms with Crippen LogP contribution in [0.5, 0.6) is 0 Å². The predicted molar refractivity (Wildman–Crippen MR) is 152 cm³/mol. The quantitative estimate of drug-likeness (QED) is 0.229. The van der Waals surface area contributed by atoms with Crippen LogP contribution in [0.1, 0.15) is 36.6 Å². The molecule has 12 nitrogen and oxygen atoms in total. The van der Waals surface area contributed by atoms with Crippen molar-refractivity contribution in [3.63, 3.8) is 0 Å². The third kappa shape index (κ3) is 5.23. The lowest BCUT2D eigenvalue weighted by Gasteiger charge is -2.34. The summed E-state index contributed by atoms with van der Waals surface area (Å²) in [5.41, 5.74) is 7.03. The molecule has 6 rings (SSSR count). The Morgan fingerprint density at radius 2 is 1.51 bits per heavy atom. The topological polar surface area (TPSA) is 149 Å². The maximum Gasteiger partial charge on any atom is 0.295 e. The van der Waals surface area contributed by atoms with Gasteiger partial charge in [0.25, 0.3) is 23.5 Å². The van der Waals surface area contributed by atoms with Gasteiger partial charge in [0.2, 0.25) is 5.91 Å². The largest absolute Gasteiger partial charge is 0.366 e. The zero-order valence-corrected chi connectivity index (χ0v) is 22.8. The summed E-state index contributed by atoms with van der Waals surface area (Å²) in [5, 5.41) is 12.4. The van der Waals surface area contributed by atoms with Gasteiger partial charge in [0.1, 0.15) is 5.82 Å². The van der Waals surface area contributed by atoms with E-state index < -0.39 is 23.4 Å². The minimum absolute atomic E-state index is 0.0340. The smallest absolute Gasteiger partial charge is 0.295 e. The molecule has 0 saturated carbocycles. The lowest BCUT2D eigenvalue weighted by atomic mass is 10.1. The van der Waals surface area contributed by atoms with Crippen LogP contribution in [-0.4, -0.2) is 84.3 Å². The summed E-state index contributed by atoms with van der Waals surface area (Å²) >= 11 is 0. The number of primary amides is 1. The molecule has 1 saturated heterocycles. The van der Waals surface area contributed by atoms with Gasteiger partial charge in [-0.15, -0.1) is 5.10 Å². The van der Waals surface area contributed by atoms with Gasteiger partial charge in [-0.05, 0) is 41.1 Å². The van der Waals surface area contributed by atoms with E-state index in [1.54, 1.807) is 59.5 Å². The number of tetrazole rings is 1. The van der Waals surface area contributed by atoms with Gasteiger partial charge in [-0.1, -0.05) is 47.6 Å². The van der Waals surface area contributed by atoms with E-state index in [4.69, 9.17) is 5.73 Å². The second kappa shape index (κ2) is 11.3. The molecule has 13 heteroatoms. The molecule has 1 aliphatic rings. The Hall–Kier alpha value is -5.72. The first-order valence-corrected chi connectivity index (χ1v) is 13.4. The minimum atomic E-state index is -0.889. The Labute approximate surface area is 244 Å². The van der Waals surface area contributed by atoms with E-state index in [0.29, 0.717) is 16.7 Å². The highest BCUT2D eigenvalue weighted by molar-refractivity contribution is 6.45. The van der Waals surface area contributed by atoms with Gasteiger partial charge in [0.15, 0.2) is 0 Å². The van der Waals surface area contributed by atoms with Crippen molar-refractivity contribution < 1.29 is 23.6 Å². The van der Waals surface area contributed by atoms with Gasteiger partial charge in [-0.3, -0.25) is 23.7 Å². The molecule has 2 N–H and O–H groups in total. The Balaban J connectivity index is 1.23. The SMILES string of the molecule is NC(=O)c1ccccc1Cn1nnc(-n2cc(C(=O)C(=O)N3CCN(C(=O)c4ccccc4)CC3)c3c(F)cccc32)n1. The number of hydrogen-bond acceptors (Lipinski definition) is 7. The monoisotopic (exact) mass is 580 g/mol. The molecule has 0 spiro atoms. The van der Waals surface area contributed by atoms with Crippen LogP contribution in [0.15, 0.2) is 79.0 Å². The number of ketones is 1. The molecule has 2 aromatic heterocycles. The van der Waals surface area contributed by atoms with Crippen molar-refractivity contribution in [3.8, 4) is 5.95 Å². The summed E-state index contributed by atoms with van der Waals surface area (Å²) in [6.45, 7) is 0.923. The van der Waals surface area contributed by atoms with Crippen LogP contribution in [0.4, 0.5) is 4.39 Å². The number of amides is 3. The van der Waals surface area contributed by atoms with E-state index in [1.165, 1.54) is 32.6 Å². The van der Waals surface area contributed by atoms with Gasteiger partial charge in [0.05, 0.1) is 17.6 Å². The molecule has 3 amide bonds. The summed E-state index contributed by atoms with van der Waals surface area (Å²) < 4.78 is 16.5. The fourth-order valence-electron chi connectivity index (χ4n) is 5.16. The molecule has 216 valence electrons. The minimum Gasteiger partial charge on any atom is -0.366 e. The van der Waals surface area contributed by atoms with Crippen LogP contribution in [0.3, 0.4) is 0 Å². The number of aromatic nitrogens is 5. The number of nitrogens with two attached hydrogens (primary N) is 1. The first-order chi connectivity index (χ1) is 20.8. The van der Waals surface area contributed by atoms with E-state index in [2.05, 4.69) is 15.4 Å². The third-order valence-corrected chi connectivity index (χ3v) is 7.34. The summed E-state index contributed by atoms with van der Waals surface area (Å²) in [4.78, 5) is 55.6. The summed E-state index contributed by atoms with van der Waals surface area (Å²) in [5.74, 6) is -3.09. The zero-order chi connectivity index (χ0) is 30.1. The van der Waals surface area contributed by atoms with Crippen LogP contribution in [0.25, 0.3) is 16.9 Å². The van der Waals surface area contributed by atoms with E-state index in [1.807, 2.05) is 6.07 Å². The highest BCUT2D eigenvalue weighted by Crippen LogP contribution is 2.27. The normalized spacial score (nSPS) is 13.3. The van der Waals surface area contributed by atoms with E-state index in [9.17, 15) is 19.2 Å². The maximum absolute atomic E-state index is 15.1. The second-order valence-corrected chi connectivity index (χ2v) is 9.97. The number of fused-ring (bicyclic) bond motifs is 1. The van der Waals surface area contributed by atoms with E-state index >= 15 is 4.39 Å². The lowest BCUT2D eigenvalue weighted by molar-refractivity contribution is -0.127. The van der Waals surface area contributed by atoms with Crippen molar-refractivity contribution in [2.24, 2.45) is 5.73 Å². The van der Waals surface area contributed by atoms with Crippen LogP contribution in [0, 0.1) is 5.82 Å². The van der Waals surface area contributed by atoms with Gasteiger partial charge >= 0.3 is 0 Å². The Kier molecular flexibility index (Phi) is 7.20. The molecule has 0 atom stereocenters. The number of halogens is 1. The Morgan fingerprint density at radius 1 is 0.814 bits per heavy atom.